The number of aliphatic hydroxyl groups is 1. The quantitative estimate of drug-likeness (QED) is 0.0659. The smallest absolute Gasteiger partial charge is 0.343 e. The van der Waals surface area contributed by atoms with E-state index in [2.05, 4.69) is 19.1 Å². The van der Waals surface area contributed by atoms with Crippen LogP contribution in [0.15, 0.2) is 12.2 Å². The molecule has 8 heteroatoms. The van der Waals surface area contributed by atoms with Gasteiger partial charge in [0.2, 0.25) is 0 Å². The van der Waals surface area contributed by atoms with Gasteiger partial charge >= 0.3 is 13.6 Å². The highest BCUT2D eigenvalue weighted by molar-refractivity contribution is 7.54. The maximum absolute atomic E-state index is 11.6. The molecule has 0 aromatic heterocycles. The summed E-state index contributed by atoms with van der Waals surface area (Å²) in [6, 6.07) is 0. The molecular weight excluding hydrogens is 427 g/mol. The largest absolute Gasteiger partial charge is 0.463 e. The standard InChI is InChI=1S/C22H42ClO6P/c1-2-3-4-5-6-7-8-9-10-11-12-13-14-15-16-17-22(25)29-19-20(24)18-21(23)30(26,27)28/h9-10,20-21,24H,2-8,11-19H2,1H3,(H2,26,27,28)/b10-9-. The van der Waals surface area contributed by atoms with E-state index < -0.39 is 24.8 Å². The number of halogens is 1. The lowest BCUT2D eigenvalue weighted by Crippen LogP contribution is -2.22. The van der Waals surface area contributed by atoms with Crippen LogP contribution in [-0.4, -0.2) is 38.7 Å². The SMILES string of the molecule is CCCCCCCC/C=C\CCCCCCCC(=O)OCC(O)CC(Cl)P(=O)(O)O. The van der Waals surface area contributed by atoms with Gasteiger partial charge in [0.25, 0.3) is 0 Å². The second-order valence-corrected chi connectivity index (χ2v) is 10.6. The summed E-state index contributed by atoms with van der Waals surface area (Å²) in [4.78, 5) is 29.4. The van der Waals surface area contributed by atoms with Crippen molar-refractivity contribution in [2.45, 2.75) is 114 Å². The Hall–Kier alpha value is -0.390. The zero-order chi connectivity index (χ0) is 22.7. The molecule has 0 aromatic rings. The normalized spacial score (nSPS) is 14.2. The second kappa shape index (κ2) is 19.3. The minimum Gasteiger partial charge on any atom is -0.463 e. The van der Waals surface area contributed by atoms with Crippen LogP contribution in [0.25, 0.3) is 0 Å². The average Bonchev–Trinajstić information content (AvgIpc) is 2.68. The van der Waals surface area contributed by atoms with Crippen LogP contribution in [0, 0.1) is 0 Å². The fourth-order valence-corrected chi connectivity index (χ4v) is 3.75. The van der Waals surface area contributed by atoms with Gasteiger partial charge in [-0.3, -0.25) is 9.36 Å². The van der Waals surface area contributed by atoms with Crippen molar-refractivity contribution in [3.8, 4) is 0 Å². The first-order valence-corrected chi connectivity index (χ1v) is 13.6. The van der Waals surface area contributed by atoms with Gasteiger partial charge in [-0.15, -0.1) is 11.6 Å². The summed E-state index contributed by atoms with van der Waals surface area (Å²) in [6.45, 7) is 1.94. The van der Waals surface area contributed by atoms with E-state index in [1.807, 2.05) is 0 Å². The number of aliphatic hydroxyl groups excluding tert-OH is 1. The predicted molar refractivity (Wildman–Crippen MR) is 123 cm³/mol. The molecule has 6 nitrogen and oxygen atoms in total. The minimum atomic E-state index is -4.44. The number of allylic oxidation sites excluding steroid dienone is 2. The molecular formula is C22H42ClO6P. The molecule has 0 aliphatic heterocycles. The van der Waals surface area contributed by atoms with Gasteiger partial charge in [0, 0.05) is 12.8 Å². The number of hydrogen-bond donors (Lipinski definition) is 3. The molecule has 0 amide bonds. The first kappa shape index (κ1) is 29.6. The fraction of sp³-hybridized carbons (Fsp3) is 0.864. The molecule has 0 radical (unpaired) electrons. The topological polar surface area (TPSA) is 104 Å². The van der Waals surface area contributed by atoms with E-state index in [-0.39, 0.29) is 19.4 Å². The Labute approximate surface area is 187 Å². The Morgan fingerprint density at radius 3 is 1.97 bits per heavy atom. The molecule has 0 rings (SSSR count). The highest BCUT2D eigenvalue weighted by atomic mass is 35.5. The summed E-state index contributed by atoms with van der Waals surface area (Å²) in [5.41, 5.74) is 0. The maximum atomic E-state index is 11.6. The maximum Gasteiger partial charge on any atom is 0.343 e. The molecule has 3 N–H and O–H groups in total. The molecule has 0 aromatic carbocycles. The van der Waals surface area contributed by atoms with Gasteiger partial charge in [0.05, 0.1) is 6.10 Å². The van der Waals surface area contributed by atoms with Crippen LogP contribution >= 0.6 is 19.2 Å². The fourth-order valence-electron chi connectivity index (χ4n) is 3.03. The average molecular weight is 469 g/mol. The van der Waals surface area contributed by atoms with Crippen molar-refractivity contribution in [3.05, 3.63) is 12.2 Å². The highest BCUT2D eigenvalue weighted by Crippen LogP contribution is 2.45. The van der Waals surface area contributed by atoms with Gasteiger partial charge in [-0.2, -0.15) is 0 Å². The number of esters is 1. The van der Waals surface area contributed by atoms with Crippen molar-refractivity contribution in [1.82, 2.24) is 0 Å². The summed E-state index contributed by atoms with van der Waals surface area (Å²) in [7, 11) is -4.44. The van der Waals surface area contributed by atoms with Crippen LogP contribution in [0.2, 0.25) is 0 Å². The molecule has 0 saturated heterocycles. The minimum absolute atomic E-state index is 0.285. The number of rotatable bonds is 20. The van der Waals surface area contributed by atoms with Crippen LogP contribution in [0.3, 0.4) is 0 Å². The molecule has 0 spiro atoms. The molecule has 2 unspecified atom stereocenters. The van der Waals surface area contributed by atoms with E-state index in [4.69, 9.17) is 26.1 Å². The molecule has 0 aliphatic rings. The summed E-state index contributed by atoms with van der Waals surface area (Å²) < 4.78 is 15.8. The first-order chi connectivity index (χ1) is 14.3. The van der Waals surface area contributed by atoms with Crippen molar-refractivity contribution in [3.63, 3.8) is 0 Å². The predicted octanol–water partition coefficient (Wildman–Crippen LogP) is 6.06. The molecule has 0 saturated carbocycles. The Morgan fingerprint density at radius 1 is 0.933 bits per heavy atom. The zero-order valence-electron chi connectivity index (χ0n) is 18.5. The molecule has 30 heavy (non-hydrogen) atoms. The van der Waals surface area contributed by atoms with Crippen molar-refractivity contribution in [1.29, 1.82) is 0 Å². The number of carbonyl (C=O) groups excluding carboxylic acids is 1. The Bertz CT molecular complexity index is 494. The van der Waals surface area contributed by atoms with Gasteiger partial charge in [0.15, 0.2) is 0 Å². The van der Waals surface area contributed by atoms with Gasteiger partial charge in [0.1, 0.15) is 11.7 Å². The first-order valence-electron chi connectivity index (χ1n) is 11.4. The van der Waals surface area contributed by atoms with Crippen LogP contribution in [0.1, 0.15) is 103 Å². The Balaban J connectivity index is 3.46. The van der Waals surface area contributed by atoms with E-state index >= 15 is 0 Å². The van der Waals surface area contributed by atoms with E-state index in [0.29, 0.717) is 0 Å². The van der Waals surface area contributed by atoms with Crippen molar-refractivity contribution in [2.24, 2.45) is 0 Å². The molecule has 2 atom stereocenters. The van der Waals surface area contributed by atoms with E-state index in [9.17, 15) is 14.5 Å². The molecule has 0 fully saturated rings. The summed E-state index contributed by atoms with van der Waals surface area (Å²) >= 11 is 5.51. The van der Waals surface area contributed by atoms with Crippen molar-refractivity contribution in [2.75, 3.05) is 6.61 Å². The summed E-state index contributed by atoms with van der Waals surface area (Å²) in [6.07, 6.45) is 18.8. The van der Waals surface area contributed by atoms with E-state index in [0.717, 1.165) is 32.1 Å². The highest BCUT2D eigenvalue weighted by Gasteiger charge is 2.29. The second-order valence-electron chi connectivity index (χ2n) is 7.93. The number of hydrogen-bond acceptors (Lipinski definition) is 4. The lowest BCUT2D eigenvalue weighted by Gasteiger charge is -2.16. The van der Waals surface area contributed by atoms with Crippen molar-refractivity contribution >= 4 is 25.2 Å². The third kappa shape index (κ3) is 19.6. The van der Waals surface area contributed by atoms with Crippen LogP contribution in [0.4, 0.5) is 0 Å². The van der Waals surface area contributed by atoms with Crippen LogP contribution in [-0.2, 0) is 14.1 Å². The Kier molecular flexibility index (Phi) is 19.1. The number of unbranched alkanes of at least 4 members (excludes halogenated alkanes) is 11. The van der Waals surface area contributed by atoms with E-state index in [1.54, 1.807) is 0 Å². The molecule has 0 heterocycles. The summed E-state index contributed by atoms with van der Waals surface area (Å²) in [5, 5.41) is 8.15. The molecule has 0 aliphatic carbocycles. The van der Waals surface area contributed by atoms with Gasteiger partial charge in [-0.1, -0.05) is 70.4 Å². The van der Waals surface area contributed by atoms with Gasteiger partial charge < -0.3 is 19.6 Å². The third-order valence-corrected chi connectivity index (χ3v) is 6.79. The zero-order valence-corrected chi connectivity index (χ0v) is 20.2. The van der Waals surface area contributed by atoms with Crippen LogP contribution < -0.4 is 0 Å². The monoisotopic (exact) mass is 468 g/mol. The Morgan fingerprint density at radius 2 is 1.43 bits per heavy atom. The molecule has 178 valence electrons. The van der Waals surface area contributed by atoms with E-state index in [1.165, 1.54) is 51.4 Å². The number of ether oxygens (including phenoxy) is 1. The lowest BCUT2D eigenvalue weighted by molar-refractivity contribution is -0.146. The number of carbonyl (C=O) groups is 1. The van der Waals surface area contributed by atoms with Crippen molar-refractivity contribution < 1.29 is 29.0 Å². The van der Waals surface area contributed by atoms with Gasteiger partial charge in [-0.25, -0.2) is 0 Å². The molecule has 0 bridgehead atoms. The van der Waals surface area contributed by atoms with Crippen LogP contribution in [0.5, 0.6) is 0 Å². The lowest BCUT2D eigenvalue weighted by atomic mass is 10.1. The number of alkyl halides is 1. The van der Waals surface area contributed by atoms with Gasteiger partial charge in [-0.05, 0) is 32.1 Å². The summed E-state index contributed by atoms with van der Waals surface area (Å²) in [5.74, 6) is -0.408. The third-order valence-electron chi connectivity index (χ3n) is 4.91.